The first kappa shape index (κ1) is 27.0. The van der Waals surface area contributed by atoms with Gasteiger partial charge in [-0.05, 0) is 44.2 Å². The number of carbonyl (C=O) groups excluding carboxylic acids is 1. The Hall–Kier alpha value is -2.59. The lowest BCUT2D eigenvalue weighted by Gasteiger charge is -2.29. The van der Waals surface area contributed by atoms with Crippen LogP contribution in [0.15, 0.2) is 36.4 Å². The third-order valence-corrected chi connectivity index (χ3v) is 6.65. The highest BCUT2D eigenvalue weighted by molar-refractivity contribution is 7.22. The molecule has 4 rings (SSSR count). The first-order chi connectivity index (χ1) is 16.6. The number of thiazole rings is 1. The van der Waals surface area contributed by atoms with Gasteiger partial charge in [-0.1, -0.05) is 11.3 Å². The second-order valence-electron chi connectivity index (χ2n) is 7.77. The topological polar surface area (TPSA) is 73.4 Å². The zero-order valence-electron chi connectivity index (χ0n) is 20.3. The first-order valence-corrected chi connectivity index (χ1v) is 12.4. The van der Waals surface area contributed by atoms with Crippen LogP contribution in [0.3, 0.4) is 0 Å². The van der Waals surface area contributed by atoms with Gasteiger partial charge in [0.25, 0.3) is 5.91 Å². The number of hydrogen-bond acceptors (Lipinski definition) is 8. The van der Waals surface area contributed by atoms with Gasteiger partial charge in [-0.2, -0.15) is 0 Å². The average Bonchev–Trinajstić information content (AvgIpc) is 3.29. The van der Waals surface area contributed by atoms with Gasteiger partial charge < -0.3 is 18.9 Å². The molecule has 2 aromatic carbocycles. The van der Waals surface area contributed by atoms with Crippen molar-refractivity contribution in [2.45, 2.75) is 13.8 Å². The fourth-order valence-corrected chi connectivity index (χ4v) is 4.80. The van der Waals surface area contributed by atoms with E-state index in [1.165, 1.54) is 11.3 Å². The highest BCUT2D eigenvalue weighted by atomic mass is 35.5. The van der Waals surface area contributed by atoms with Crippen LogP contribution in [0.1, 0.15) is 24.2 Å². The van der Waals surface area contributed by atoms with Gasteiger partial charge in [0.05, 0.1) is 43.8 Å². The summed E-state index contributed by atoms with van der Waals surface area (Å²) < 4.78 is 23.2. The first-order valence-electron chi connectivity index (χ1n) is 11.6. The largest absolute Gasteiger partial charge is 0.497 e. The summed E-state index contributed by atoms with van der Waals surface area (Å²) in [7, 11) is 1.63. The maximum Gasteiger partial charge on any atom is 0.260 e. The lowest BCUT2D eigenvalue weighted by Crippen LogP contribution is -2.43. The molecule has 1 aromatic heterocycles. The summed E-state index contributed by atoms with van der Waals surface area (Å²) in [6, 6.07) is 11.1. The van der Waals surface area contributed by atoms with Crippen molar-refractivity contribution in [1.82, 2.24) is 9.88 Å². The number of morpholine rings is 1. The van der Waals surface area contributed by atoms with Gasteiger partial charge in [0, 0.05) is 37.8 Å². The van der Waals surface area contributed by atoms with E-state index in [0.29, 0.717) is 55.2 Å². The number of nitrogens with zero attached hydrogens (tertiary/aromatic N) is 3. The van der Waals surface area contributed by atoms with Crippen LogP contribution < -0.4 is 19.1 Å². The standard InChI is InChI=1S/C25H31N3O5S.ClH/c1-4-32-21-8-6-18(16-22(21)33-5-2)24(29)28(11-10-27-12-14-31-15-13-27)25-26-20-17-19(30-3)7-9-23(20)34-25;/h6-9,16-17H,4-5,10-15H2,1-3H3;1H. The summed E-state index contributed by atoms with van der Waals surface area (Å²) in [5.41, 5.74) is 1.34. The number of fused-ring (bicyclic) bond motifs is 1. The monoisotopic (exact) mass is 521 g/mol. The van der Waals surface area contributed by atoms with Gasteiger partial charge in [-0.15, -0.1) is 12.4 Å². The minimum Gasteiger partial charge on any atom is -0.497 e. The number of aromatic nitrogens is 1. The molecule has 0 bridgehead atoms. The number of halogens is 1. The average molecular weight is 522 g/mol. The molecule has 190 valence electrons. The number of rotatable bonds is 10. The smallest absolute Gasteiger partial charge is 0.260 e. The van der Waals surface area contributed by atoms with Gasteiger partial charge in [0.15, 0.2) is 16.6 Å². The van der Waals surface area contributed by atoms with Crippen molar-refractivity contribution in [3.8, 4) is 17.2 Å². The maximum atomic E-state index is 13.8. The van der Waals surface area contributed by atoms with Crippen molar-refractivity contribution in [2.24, 2.45) is 0 Å². The summed E-state index contributed by atoms with van der Waals surface area (Å²) in [5, 5.41) is 0.661. The van der Waals surface area contributed by atoms with Crippen LogP contribution in [0.25, 0.3) is 10.2 Å². The second-order valence-corrected chi connectivity index (χ2v) is 8.78. The lowest BCUT2D eigenvalue weighted by atomic mass is 10.1. The maximum absolute atomic E-state index is 13.8. The Morgan fingerprint density at radius 1 is 1.09 bits per heavy atom. The normalized spacial score (nSPS) is 13.8. The summed E-state index contributed by atoms with van der Waals surface area (Å²) in [6.45, 7) is 9.24. The molecule has 1 fully saturated rings. The molecular weight excluding hydrogens is 490 g/mol. The van der Waals surface area contributed by atoms with Crippen LogP contribution in [0.4, 0.5) is 5.13 Å². The Morgan fingerprint density at radius 2 is 1.83 bits per heavy atom. The SMILES string of the molecule is CCOc1ccc(C(=O)N(CCN2CCOCC2)c2nc3cc(OC)ccc3s2)cc1OCC.Cl. The molecule has 3 aromatic rings. The number of anilines is 1. The van der Waals surface area contributed by atoms with Crippen molar-refractivity contribution in [1.29, 1.82) is 0 Å². The predicted octanol–water partition coefficient (Wildman–Crippen LogP) is 4.50. The molecule has 0 aliphatic carbocycles. The Bertz CT molecular complexity index is 1120. The molecule has 2 heterocycles. The molecule has 0 saturated carbocycles. The molecule has 0 atom stereocenters. The van der Waals surface area contributed by atoms with E-state index < -0.39 is 0 Å². The van der Waals surface area contributed by atoms with Crippen LogP contribution in [-0.2, 0) is 4.74 Å². The Balaban J connectivity index is 0.00000342. The quantitative estimate of drug-likeness (QED) is 0.389. The molecule has 1 amide bonds. The summed E-state index contributed by atoms with van der Waals surface area (Å²) in [6.07, 6.45) is 0. The number of hydrogen-bond donors (Lipinski definition) is 0. The summed E-state index contributed by atoms with van der Waals surface area (Å²) in [5.74, 6) is 1.82. The number of ether oxygens (including phenoxy) is 4. The Morgan fingerprint density at radius 3 is 2.54 bits per heavy atom. The zero-order chi connectivity index (χ0) is 23.9. The van der Waals surface area contributed by atoms with Gasteiger partial charge in [0.2, 0.25) is 0 Å². The number of amides is 1. The van der Waals surface area contributed by atoms with Crippen LogP contribution in [-0.4, -0.2) is 75.5 Å². The number of carbonyl (C=O) groups is 1. The number of methoxy groups -OCH3 is 1. The molecule has 0 N–H and O–H groups in total. The van der Waals surface area contributed by atoms with E-state index >= 15 is 0 Å². The molecule has 10 heteroatoms. The summed E-state index contributed by atoms with van der Waals surface area (Å²) in [4.78, 5) is 22.6. The Labute approximate surface area is 216 Å². The van der Waals surface area contributed by atoms with Gasteiger partial charge in [-0.3, -0.25) is 14.6 Å². The molecule has 0 unspecified atom stereocenters. The van der Waals surface area contributed by atoms with E-state index in [0.717, 1.165) is 35.6 Å². The fraction of sp³-hybridized carbons (Fsp3) is 0.440. The molecule has 35 heavy (non-hydrogen) atoms. The van der Waals surface area contributed by atoms with Gasteiger partial charge in [0.1, 0.15) is 5.75 Å². The minimum absolute atomic E-state index is 0. The van der Waals surface area contributed by atoms with E-state index in [2.05, 4.69) is 4.90 Å². The Kier molecular flexibility index (Phi) is 9.97. The van der Waals surface area contributed by atoms with Crippen LogP contribution in [0, 0.1) is 0 Å². The van der Waals surface area contributed by atoms with E-state index in [4.69, 9.17) is 23.9 Å². The summed E-state index contributed by atoms with van der Waals surface area (Å²) >= 11 is 1.50. The molecule has 1 aliphatic heterocycles. The molecule has 0 radical (unpaired) electrons. The minimum atomic E-state index is -0.122. The van der Waals surface area contributed by atoms with E-state index in [1.54, 1.807) is 30.2 Å². The van der Waals surface area contributed by atoms with E-state index in [1.807, 2.05) is 32.0 Å². The van der Waals surface area contributed by atoms with Crippen LogP contribution in [0.5, 0.6) is 17.2 Å². The van der Waals surface area contributed by atoms with Crippen molar-refractivity contribution in [3.05, 3.63) is 42.0 Å². The number of benzene rings is 2. The third kappa shape index (κ3) is 6.55. The molecular formula is C25H32ClN3O5S. The van der Waals surface area contributed by atoms with E-state index in [-0.39, 0.29) is 18.3 Å². The third-order valence-electron chi connectivity index (χ3n) is 5.59. The van der Waals surface area contributed by atoms with Crippen molar-refractivity contribution >= 4 is 45.0 Å². The zero-order valence-corrected chi connectivity index (χ0v) is 22.0. The van der Waals surface area contributed by atoms with E-state index in [9.17, 15) is 4.79 Å². The highest BCUT2D eigenvalue weighted by Crippen LogP contribution is 2.33. The lowest BCUT2D eigenvalue weighted by molar-refractivity contribution is 0.0391. The molecule has 0 spiro atoms. The van der Waals surface area contributed by atoms with Crippen LogP contribution in [0.2, 0.25) is 0 Å². The van der Waals surface area contributed by atoms with Gasteiger partial charge >= 0.3 is 0 Å². The van der Waals surface area contributed by atoms with Crippen molar-refractivity contribution < 1.29 is 23.7 Å². The molecule has 8 nitrogen and oxygen atoms in total. The second kappa shape index (κ2) is 12.9. The van der Waals surface area contributed by atoms with Gasteiger partial charge in [-0.25, -0.2) is 4.98 Å². The predicted molar refractivity (Wildman–Crippen MR) is 141 cm³/mol. The molecule has 1 saturated heterocycles. The van der Waals surface area contributed by atoms with Crippen molar-refractivity contribution in [2.75, 3.05) is 64.6 Å². The highest BCUT2D eigenvalue weighted by Gasteiger charge is 2.24. The fourth-order valence-electron chi connectivity index (χ4n) is 3.83. The molecule has 1 aliphatic rings. The van der Waals surface area contributed by atoms with Crippen LogP contribution >= 0.6 is 23.7 Å². The van der Waals surface area contributed by atoms with Crippen molar-refractivity contribution in [3.63, 3.8) is 0 Å².